The summed E-state index contributed by atoms with van der Waals surface area (Å²) in [4.78, 5) is 0. The topological polar surface area (TPSA) is 9.23 Å². The molecule has 0 amide bonds. The van der Waals surface area contributed by atoms with Crippen molar-refractivity contribution >= 4 is 0 Å². The number of para-hydroxylation sites is 1. The minimum absolute atomic E-state index is 0.228. The Morgan fingerprint density at radius 3 is 2.22 bits per heavy atom. The van der Waals surface area contributed by atoms with E-state index in [1.807, 2.05) is 66.7 Å². The average Bonchev–Trinajstić information content (AvgIpc) is 3.06. The van der Waals surface area contributed by atoms with E-state index in [1.54, 1.807) is 0 Å². The molecule has 1 aliphatic rings. The van der Waals surface area contributed by atoms with Gasteiger partial charge >= 0.3 is 0 Å². The van der Waals surface area contributed by atoms with Gasteiger partial charge < -0.3 is 4.74 Å². The lowest BCUT2D eigenvalue weighted by Crippen LogP contribution is -2.08. The van der Waals surface area contributed by atoms with Crippen LogP contribution in [0.3, 0.4) is 0 Å². The summed E-state index contributed by atoms with van der Waals surface area (Å²) in [5.74, 6) is 0.579. The number of fused-ring (bicyclic) bond motifs is 1. The molecule has 3 aromatic carbocycles. The monoisotopic (exact) mass is 304 g/mol. The molecule has 1 nitrogen and oxygen atoms in total. The van der Waals surface area contributed by atoms with Crippen molar-refractivity contribution in [2.75, 3.05) is 6.61 Å². The highest BCUT2D eigenvalue weighted by molar-refractivity contribution is 5.63. The first-order valence-corrected chi connectivity index (χ1v) is 7.84. The smallest absolute Gasteiger partial charge is 0.135 e. The molecule has 0 bridgehead atoms. The summed E-state index contributed by atoms with van der Waals surface area (Å²) in [6.07, 6.45) is -1.05. The zero-order chi connectivity index (χ0) is 15.6. The standard InChI is InChI=1S/C21H17FO/c22-21(19-14-23-20-9-5-4-8-18(19)20)17-12-10-16(11-13-17)15-6-2-1-3-7-15/h1-13,19,21H,14H2. The minimum Gasteiger partial charge on any atom is -0.493 e. The molecule has 4 rings (SSSR count). The van der Waals surface area contributed by atoms with Crippen molar-refractivity contribution in [2.24, 2.45) is 0 Å². The van der Waals surface area contributed by atoms with Crippen molar-refractivity contribution in [3.63, 3.8) is 0 Å². The quantitative estimate of drug-likeness (QED) is 0.617. The maximum absolute atomic E-state index is 15.0. The van der Waals surface area contributed by atoms with Gasteiger partial charge in [0.15, 0.2) is 0 Å². The maximum Gasteiger partial charge on any atom is 0.135 e. The Morgan fingerprint density at radius 2 is 1.43 bits per heavy atom. The summed E-state index contributed by atoms with van der Waals surface area (Å²) in [7, 11) is 0. The molecule has 3 aromatic rings. The molecular formula is C21H17FO. The maximum atomic E-state index is 15.0. The molecule has 2 heteroatoms. The molecule has 0 fully saturated rings. The van der Waals surface area contributed by atoms with Gasteiger partial charge in [-0.15, -0.1) is 0 Å². The molecule has 0 N–H and O–H groups in total. The van der Waals surface area contributed by atoms with E-state index < -0.39 is 6.17 Å². The molecule has 0 aromatic heterocycles. The highest BCUT2D eigenvalue weighted by Crippen LogP contribution is 2.43. The normalized spacial score (nSPS) is 17.3. The van der Waals surface area contributed by atoms with Crippen LogP contribution in [0.1, 0.15) is 23.2 Å². The zero-order valence-corrected chi connectivity index (χ0v) is 12.7. The second-order valence-corrected chi connectivity index (χ2v) is 5.85. The van der Waals surface area contributed by atoms with Gasteiger partial charge in [0.2, 0.25) is 0 Å². The fraction of sp³-hybridized carbons (Fsp3) is 0.143. The Balaban J connectivity index is 1.59. The van der Waals surface area contributed by atoms with E-state index in [1.165, 1.54) is 0 Å². The van der Waals surface area contributed by atoms with Crippen LogP contribution in [0.15, 0.2) is 78.9 Å². The largest absolute Gasteiger partial charge is 0.493 e. The lowest BCUT2D eigenvalue weighted by atomic mass is 9.91. The highest BCUT2D eigenvalue weighted by atomic mass is 19.1. The van der Waals surface area contributed by atoms with Crippen LogP contribution >= 0.6 is 0 Å². The summed E-state index contributed by atoms with van der Waals surface area (Å²) in [5.41, 5.74) is 3.91. The zero-order valence-electron chi connectivity index (χ0n) is 12.7. The van der Waals surface area contributed by atoms with Crippen molar-refractivity contribution < 1.29 is 9.13 Å². The Labute approximate surface area is 135 Å². The van der Waals surface area contributed by atoms with E-state index in [0.29, 0.717) is 12.2 Å². The Hall–Kier alpha value is -2.61. The van der Waals surface area contributed by atoms with Crippen molar-refractivity contribution in [1.82, 2.24) is 0 Å². The van der Waals surface area contributed by atoms with E-state index >= 15 is 0 Å². The van der Waals surface area contributed by atoms with Gasteiger partial charge in [-0.05, 0) is 22.8 Å². The summed E-state index contributed by atoms with van der Waals surface area (Å²) < 4.78 is 20.6. The molecular weight excluding hydrogens is 287 g/mol. The molecule has 0 radical (unpaired) electrons. The molecule has 0 aliphatic carbocycles. The Kier molecular flexibility index (Phi) is 3.58. The van der Waals surface area contributed by atoms with Crippen molar-refractivity contribution in [1.29, 1.82) is 0 Å². The van der Waals surface area contributed by atoms with E-state index in [9.17, 15) is 4.39 Å². The second-order valence-electron chi connectivity index (χ2n) is 5.85. The molecule has 23 heavy (non-hydrogen) atoms. The van der Waals surface area contributed by atoms with Gasteiger partial charge in [0.05, 0.1) is 12.5 Å². The van der Waals surface area contributed by atoms with Gasteiger partial charge in [-0.1, -0.05) is 72.8 Å². The number of ether oxygens (including phenoxy) is 1. The van der Waals surface area contributed by atoms with Crippen molar-refractivity contribution in [3.8, 4) is 16.9 Å². The van der Waals surface area contributed by atoms with Gasteiger partial charge in [0.1, 0.15) is 11.9 Å². The molecule has 114 valence electrons. The van der Waals surface area contributed by atoms with E-state index in [4.69, 9.17) is 4.74 Å². The third-order valence-corrected chi connectivity index (χ3v) is 4.43. The number of halogens is 1. The lowest BCUT2D eigenvalue weighted by molar-refractivity contribution is 0.236. The Morgan fingerprint density at radius 1 is 0.783 bits per heavy atom. The molecule has 2 unspecified atom stereocenters. The molecule has 1 heterocycles. The molecule has 0 saturated heterocycles. The van der Waals surface area contributed by atoms with Crippen LogP contribution in [-0.4, -0.2) is 6.61 Å². The second kappa shape index (κ2) is 5.88. The van der Waals surface area contributed by atoms with Crippen LogP contribution in [0.2, 0.25) is 0 Å². The van der Waals surface area contributed by atoms with E-state index in [-0.39, 0.29) is 5.92 Å². The molecule has 0 saturated carbocycles. The predicted molar refractivity (Wildman–Crippen MR) is 90.4 cm³/mol. The first kappa shape index (κ1) is 14.0. The first-order valence-electron chi connectivity index (χ1n) is 7.84. The summed E-state index contributed by atoms with van der Waals surface area (Å²) in [6, 6.07) is 25.6. The first-order chi connectivity index (χ1) is 11.3. The number of rotatable bonds is 3. The summed E-state index contributed by atoms with van der Waals surface area (Å²) in [6.45, 7) is 0.404. The minimum atomic E-state index is -1.05. The van der Waals surface area contributed by atoms with Crippen molar-refractivity contribution in [2.45, 2.75) is 12.1 Å². The number of alkyl halides is 1. The van der Waals surface area contributed by atoms with Gasteiger partial charge in [-0.25, -0.2) is 4.39 Å². The number of benzene rings is 3. The van der Waals surface area contributed by atoms with E-state index in [2.05, 4.69) is 12.1 Å². The van der Waals surface area contributed by atoms with Gasteiger partial charge in [-0.3, -0.25) is 0 Å². The highest BCUT2D eigenvalue weighted by Gasteiger charge is 2.32. The third-order valence-electron chi connectivity index (χ3n) is 4.43. The van der Waals surface area contributed by atoms with E-state index in [0.717, 1.165) is 22.4 Å². The summed E-state index contributed by atoms with van der Waals surface area (Å²) in [5, 5.41) is 0. The number of hydrogen-bond donors (Lipinski definition) is 0. The lowest BCUT2D eigenvalue weighted by Gasteiger charge is -2.15. The SMILES string of the molecule is FC(c1ccc(-c2ccccc2)cc1)C1COc2ccccc21. The van der Waals surface area contributed by atoms with Crippen LogP contribution in [0.5, 0.6) is 5.75 Å². The van der Waals surface area contributed by atoms with Gasteiger partial charge in [-0.2, -0.15) is 0 Å². The fourth-order valence-electron chi connectivity index (χ4n) is 3.15. The van der Waals surface area contributed by atoms with Crippen LogP contribution in [-0.2, 0) is 0 Å². The van der Waals surface area contributed by atoms with Gasteiger partial charge in [0.25, 0.3) is 0 Å². The molecule has 2 atom stereocenters. The predicted octanol–water partition coefficient (Wildman–Crippen LogP) is 5.54. The van der Waals surface area contributed by atoms with Crippen LogP contribution in [0, 0.1) is 0 Å². The van der Waals surface area contributed by atoms with Crippen LogP contribution in [0.4, 0.5) is 4.39 Å². The van der Waals surface area contributed by atoms with Gasteiger partial charge in [0, 0.05) is 5.56 Å². The summed E-state index contributed by atoms with van der Waals surface area (Å²) >= 11 is 0. The average molecular weight is 304 g/mol. The third kappa shape index (κ3) is 2.61. The van der Waals surface area contributed by atoms with Crippen LogP contribution < -0.4 is 4.74 Å². The fourth-order valence-corrected chi connectivity index (χ4v) is 3.15. The molecule has 0 spiro atoms. The van der Waals surface area contributed by atoms with Crippen LogP contribution in [0.25, 0.3) is 11.1 Å². The molecule has 1 aliphatic heterocycles. The number of hydrogen-bond acceptors (Lipinski definition) is 1. The Bertz CT molecular complexity index is 796. The van der Waals surface area contributed by atoms with Crippen molar-refractivity contribution in [3.05, 3.63) is 90.0 Å².